The Morgan fingerprint density at radius 2 is 1.85 bits per heavy atom. The average molecular weight is 349 g/mol. The van der Waals surface area contributed by atoms with E-state index in [0.717, 1.165) is 5.56 Å². The van der Waals surface area contributed by atoms with E-state index in [1.807, 2.05) is 18.2 Å². The first-order valence-electron chi connectivity index (χ1n) is 8.03. The minimum atomic E-state index is -0.368. The van der Waals surface area contributed by atoms with Gasteiger partial charge in [0.2, 0.25) is 6.79 Å². The Labute approximate surface area is 148 Å². The first kappa shape index (κ1) is 15.9. The third-order valence-corrected chi connectivity index (χ3v) is 3.92. The second-order valence-corrected chi connectivity index (χ2v) is 5.67. The lowest BCUT2D eigenvalue weighted by Gasteiger charge is -2.08. The fourth-order valence-corrected chi connectivity index (χ4v) is 2.61. The van der Waals surface area contributed by atoms with Crippen molar-refractivity contribution in [2.75, 3.05) is 6.79 Å². The third kappa shape index (κ3) is 3.14. The zero-order valence-electron chi connectivity index (χ0n) is 13.7. The summed E-state index contributed by atoms with van der Waals surface area (Å²) in [5.41, 5.74) is 1.33. The maximum Gasteiger partial charge on any atom is 0.272 e. The van der Waals surface area contributed by atoms with Crippen LogP contribution in [0.2, 0.25) is 0 Å². The van der Waals surface area contributed by atoms with E-state index in [4.69, 9.17) is 9.47 Å². The summed E-state index contributed by atoms with van der Waals surface area (Å²) in [5.74, 6) is 0.983. The van der Waals surface area contributed by atoms with Crippen LogP contribution in [-0.2, 0) is 6.54 Å². The molecule has 3 aromatic rings. The van der Waals surface area contributed by atoms with E-state index in [2.05, 4.69) is 10.4 Å². The molecule has 0 saturated heterocycles. The van der Waals surface area contributed by atoms with Gasteiger partial charge in [-0.05, 0) is 35.9 Å². The lowest BCUT2D eigenvalue weighted by Crippen LogP contribution is -2.28. The Balaban J connectivity index is 1.51. The Kier molecular flexibility index (Phi) is 4.10. The number of aromatic nitrogens is 2. The molecular weight excluding hydrogens is 334 g/mol. The van der Waals surface area contributed by atoms with Crippen LogP contribution in [0.25, 0.3) is 5.69 Å². The molecule has 0 atom stereocenters. The molecule has 26 heavy (non-hydrogen) atoms. The highest BCUT2D eigenvalue weighted by atomic mass is 16.7. The minimum absolute atomic E-state index is 0.161. The van der Waals surface area contributed by atoms with Gasteiger partial charge < -0.3 is 14.8 Å². The van der Waals surface area contributed by atoms with Crippen molar-refractivity contribution in [3.8, 4) is 17.2 Å². The van der Waals surface area contributed by atoms with Gasteiger partial charge in [-0.15, -0.1) is 0 Å². The topological polar surface area (TPSA) is 82.5 Å². The standard InChI is InChI=1S/C19H15N3O4/c23-18-9-7-15(21-22(18)14-4-2-1-3-5-14)19(24)20-11-13-6-8-16-17(10-13)26-12-25-16/h1-10H,11-12H2,(H,20,24). The quantitative estimate of drug-likeness (QED) is 0.778. The number of ether oxygens (including phenoxy) is 2. The van der Waals surface area contributed by atoms with Gasteiger partial charge in [0, 0.05) is 12.6 Å². The zero-order chi connectivity index (χ0) is 17.9. The first-order valence-corrected chi connectivity index (χ1v) is 8.03. The maximum atomic E-state index is 12.4. The molecule has 0 bridgehead atoms. The number of para-hydroxylation sites is 1. The molecule has 1 N–H and O–H groups in total. The van der Waals surface area contributed by atoms with Crippen LogP contribution in [0.5, 0.6) is 11.5 Å². The highest BCUT2D eigenvalue weighted by Crippen LogP contribution is 2.32. The number of nitrogens with one attached hydrogen (secondary N) is 1. The van der Waals surface area contributed by atoms with Crippen LogP contribution in [0.15, 0.2) is 65.5 Å². The summed E-state index contributed by atoms with van der Waals surface area (Å²) in [6.45, 7) is 0.512. The van der Waals surface area contributed by atoms with Gasteiger partial charge in [0.1, 0.15) is 5.69 Å². The van der Waals surface area contributed by atoms with E-state index in [1.165, 1.54) is 16.8 Å². The third-order valence-electron chi connectivity index (χ3n) is 3.92. The highest BCUT2D eigenvalue weighted by Gasteiger charge is 2.14. The van der Waals surface area contributed by atoms with Gasteiger partial charge in [0.15, 0.2) is 11.5 Å². The predicted molar refractivity (Wildman–Crippen MR) is 93.6 cm³/mol. The summed E-state index contributed by atoms with van der Waals surface area (Å²) >= 11 is 0. The maximum absolute atomic E-state index is 12.4. The Morgan fingerprint density at radius 1 is 1.04 bits per heavy atom. The summed E-state index contributed by atoms with van der Waals surface area (Å²) in [6, 6.07) is 17.2. The van der Waals surface area contributed by atoms with Gasteiger partial charge in [-0.25, -0.2) is 0 Å². The number of hydrogen-bond donors (Lipinski definition) is 1. The molecule has 0 spiro atoms. The number of rotatable bonds is 4. The summed E-state index contributed by atoms with van der Waals surface area (Å²) in [7, 11) is 0. The van der Waals surface area contributed by atoms with Gasteiger partial charge in [-0.3, -0.25) is 9.59 Å². The molecule has 2 aromatic carbocycles. The number of benzene rings is 2. The molecule has 7 heteroatoms. The van der Waals surface area contributed by atoms with E-state index in [1.54, 1.807) is 30.3 Å². The van der Waals surface area contributed by atoms with Crippen LogP contribution in [0, 0.1) is 0 Å². The molecule has 4 rings (SSSR count). The Morgan fingerprint density at radius 3 is 2.69 bits per heavy atom. The number of nitrogens with zero attached hydrogens (tertiary/aromatic N) is 2. The van der Waals surface area contributed by atoms with Crippen LogP contribution >= 0.6 is 0 Å². The lowest BCUT2D eigenvalue weighted by molar-refractivity contribution is 0.0944. The van der Waals surface area contributed by atoms with Gasteiger partial charge in [0.05, 0.1) is 5.69 Å². The van der Waals surface area contributed by atoms with Crippen molar-refractivity contribution in [2.24, 2.45) is 0 Å². The average Bonchev–Trinajstić information content (AvgIpc) is 3.15. The number of fused-ring (bicyclic) bond motifs is 1. The molecule has 0 aliphatic carbocycles. The van der Waals surface area contributed by atoms with Gasteiger partial charge in [0.25, 0.3) is 11.5 Å². The van der Waals surface area contributed by atoms with Gasteiger partial charge >= 0.3 is 0 Å². The summed E-state index contributed by atoms with van der Waals surface area (Å²) < 4.78 is 11.8. The van der Waals surface area contributed by atoms with Crippen molar-refractivity contribution >= 4 is 5.91 Å². The molecular formula is C19H15N3O4. The van der Waals surface area contributed by atoms with Crippen molar-refractivity contribution in [3.05, 3.63) is 82.3 Å². The normalized spacial score (nSPS) is 12.0. The molecule has 1 amide bonds. The minimum Gasteiger partial charge on any atom is -0.454 e. The molecule has 1 aliphatic heterocycles. The molecule has 0 saturated carbocycles. The Bertz CT molecular complexity index is 1010. The van der Waals surface area contributed by atoms with Gasteiger partial charge in [-0.1, -0.05) is 24.3 Å². The first-order chi connectivity index (χ1) is 12.7. The van der Waals surface area contributed by atoms with E-state index in [0.29, 0.717) is 23.7 Å². The van der Waals surface area contributed by atoms with E-state index < -0.39 is 0 Å². The van der Waals surface area contributed by atoms with Crippen molar-refractivity contribution in [1.82, 2.24) is 15.1 Å². The summed E-state index contributed by atoms with van der Waals surface area (Å²) in [5, 5.41) is 6.95. The van der Waals surface area contributed by atoms with Crippen LogP contribution in [0.1, 0.15) is 16.1 Å². The molecule has 130 valence electrons. The zero-order valence-corrected chi connectivity index (χ0v) is 13.7. The van der Waals surface area contributed by atoms with Crippen LogP contribution < -0.4 is 20.3 Å². The van der Waals surface area contributed by atoms with Crippen molar-refractivity contribution in [1.29, 1.82) is 0 Å². The molecule has 1 aromatic heterocycles. The molecule has 7 nitrogen and oxygen atoms in total. The van der Waals surface area contributed by atoms with E-state index in [9.17, 15) is 9.59 Å². The molecule has 0 unspecified atom stereocenters. The van der Waals surface area contributed by atoms with E-state index >= 15 is 0 Å². The van der Waals surface area contributed by atoms with Crippen LogP contribution in [0.4, 0.5) is 0 Å². The Hall–Kier alpha value is -3.61. The number of amides is 1. The fraction of sp³-hybridized carbons (Fsp3) is 0.105. The molecule has 1 aliphatic rings. The fourth-order valence-electron chi connectivity index (χ4n) is 2.61. The summed E-state index contributed by atoms with van der Waals surface area (Å²) in [6.07, 6.45) is 0. The number of carbonyl (C=O) groups excluding carboxylic acids is 1. The SMILES string of the molecule is O=C(NCc1ccc2c(c1)OCO2)c1ccc(=O)n(-c2ccccc2)n1. The van der Waals surface area contributed by atoms with Crippen LogP contribution in [0.3, 0.4) is 0 Å². The predicted octanol–water partition coefficient (Wildman–Crippen LogP) is 1.89. The summed E-state index contributed by atoms with van der Waals surface area (Å²) in [4.78, 5) is 24.4. The van der Waals surface area contributed by atoms with Crippen molar-refractivity contribution in [3.63, 3.8) is 0 Å². The smallest absolute Gasteiger partial charge is 0.272 e. The lowest BCUT2D eigenvalue weighted by atomic mass is 10.2. The largest absolute Gasteiger partial charge is 0.454 e. The molecule has 0 radical (unpaired) electrons. The van der Waals surface area contributed by atoms with Crippen molar-refractivity contribution in [2.45, 2.75) is 6.54 Å². The molecule has 0 fully saturated rings. The van der Waals surface area contributed by atoms with Crippen LogP contribution in [-0.4, -0.2) is 22.5 Å². The van der Waals surface area contributed by atoms with Crippen molar-refractivity contribution < 1.29 is 14.3 Å². The highest BCUT2D eigenvalue weighted by molar-refractivity contribution is 5.92. The monoisotopic (exact) mass is 349 g/mol. The molecule has 2 heterocycles. The number of carbonyl (C=O) groups is 1. The second-order valence-electron chi connectivity index (χ2n) is 5.67. The second kappa shape index (κ2) is 6.72. The van der Waals surface area contributed by atoms with E-state index in [-0.39, 0.29) is 24.0 Å². The van der Waals surface area contributed by atoms with Gasteiger partial charge in [-0.2, -0.15) is 9.78 Å². The number of hydrogen-bond acceptors (Lipinski definition) is 5.